The van der Waals surface area contributed by atoms with Crippen molar-refractivity contribution in [1.29, 1.82) is 0 Å². The Morgan fingerprint density at radius 1 is 1.00 bits per heavy atom. The SMILES string of the molecule is CC(C)Cn1c([C@@H](N)Cc2ccccc2)nnc1S(=O)(=O)CCC(=O)c1ccccc1. The van der Waals surface area contributed by atoms with Gasteiger partial charge in [0.15, 0.2) is 11.6 Å². The van der Waals surface area contributed by atoms with Crippen molar-refractivity contribution in [3.05, 3.63) is 77.6 Å². The van der Waals surface area contributed by atoms with Crippen LogP contribution in [0, 0.1) is 5.92 Å². The van der Waals surface area contributed by atoms with E-state index >= 15 is 0 Å². The molecule has 2 aromatic carbocycles. The Morgan fingerprint density at radius 3 is 2.23 bits per heavy atom. The molecular formula is C23H28N4O3S. The van der Waals surface area contributed by atoms with Gasteiger partial charge in [0.05, 0.1) is 11.8 Å². The number of nitrogens with zero attached hydrogens (tertiary/aromatic N) is 3. The Labute approximate surface area is 183 Å². The minimum absolute atomic E-state index is 0.119. The van der Waals surface area contributed by atoms with E-state index < -0.39 is 15.9 Å². The number of ketones is 1. The monoisotopic (exact) mass is 440 g/mol. The highest BCUT2D eigenvalue weighted by atomic mass is 32.2. The lowest BCUT2D eigenvalue weighted by atomic mass is 10.1. The van der Waals surface area contributed by atoms with Crippen LogP contribution in [-0.2, 0) is 22.8 Å². The minimum Gasteiger partial charge on any atom is -0.321 e. The third-order valence-electron chi connectivity index (χ3n) is 4.90. The van der Waals surface area contributed by atoms with E-state index in [1.54, 1.807) is 28.8 Å². The van der Waals surface area contributed by atoms with Crippen molar-refractivity contribution in [2.24, 2.45) is 11.7 Å². The van der Waals surface area contributed by atoms with Crippen molar-refractivity contribution in [3.63, 3.8) is 0 Å². The molecule has 3 aromatic rings. The first-order chi connectivity index (χ1) is 14.8. The summed E-state index contributed by atoms with van der Waals surface area (Å²) in [6.45, 7) is 4.40. The average Bonchev–Trinajstić information content (AvgIpc) is 3.17. The summed E-state index contributed by atoms with van der Waals surface area (Å²) < 4.78 is 27.7. The Morgan fingerprint density at radius 2 is 1.61 bits per heavy atom. The smallest absolute Gasteiger partial charge is 0.249 e. The maximum absolute atomic E-state index is 13.0. The van der Waals surface area contributed by atoms with Crippen molar-refractivity contribution in [2.45, 2.75) is 44.4 Å². The van der Waals surface area contributed by atoms with Gasteiger partial charge in [-0.25, -0.2) is 8.42 Å². The predicted octanol–water partition coefficient (Wildman–Crippen LogP) is 3.22. The molecule has 2 N–H and O–H groups in total. The molecule has 0 fully saturated rings. The molecule has 0 aliphatic heterocycles. The number of benzene rings is 2. The molecule has 1 atom stereocenters. The molecule has 7 nitrogen and oxygen atoms in total. The zero-order valence-electron chi connectivity index (χ0n) is 17.8. The quantitative estimate of drug-likeness (QED) is 0.485. The molecule has 0 aliphatic rings. The van der Waals surface area contributed by atoms with Crippen molar-refractivity contribution in [2.75, 3.05) is 5.75 Å². The number of nitrogens with two attached hydrogens (primary N) is 1. The number of Topliss-reactive ketones (excluding diaryl/α,β-unsaturated/α-hetero) is 1. The van der Waals surface area contributed by atoms with E-state index in [2.05, 4.69) is 10.2 Å². The second-order valence-corrected chi connectivity index (χ2v) is 10.0. The molecule has 8 heteroatoms. The van der Waals surface area contributed by atoms with Gasteiger partial charge in [0.25, 0.3) is 0 Å². The van der Waals surface area contributed by atoms with E-state index in [0.29, 0.717) is 24.4 Å². The number of rotatable bonds is 10. The maximum Gasteiger partial charge on any atom is 0.249 e. The molecule has 0 radical (unpaired) electrons. The maximum atomic E-state index is 13.0. The molecule has 1 heterocycles. The van der Waals surface area contributed by atoms with Crippen LogP contribution in [0.5, 0.6) is 0 Å². The lowest BCUT2D eigenvalue weighted by Gasteiger charge is -2.16. The summed E-state index contributed by atoms with van der Waals surface area (Å²) in [6, 6.07) is 17.9. The summed E-state index contributed by atoms with van der Waals surface area (Å²) in [4.78, 5) is 12.4. The van der Waals surface area contributed by atoms with Crippen molar-refractivity contribution < 1.29 is 13.2 Å². The summed E-state index contributed by atoms with van der Waals surface area (Å²) >= 11 is 0. The van der Waals surface area contributed by atoms with Crippen molar-refractivity contribution in [3.8, 4) is 0 Å². The van der Waals surface area contributed by atoms with Gasteiger partial charge in [0.2, 0.25) is 15.0 Å². The van der Waals surface area contributed by atoms with Gasteiger partial charge in [-0.2, -0.15) is 0 Å². The van der Waals surface area contributed by atoms with Gasteiger partial charge in [-0.1, -0.05) is 74.5 Å². The molecule has 0 aliphatic carbocycles. The largest absolute Gasteiger partial charge is 0.321 e. The van der Waals surface area contributed by atoms with Crippen LogP contribution in [0.25, 0.3) is 0 Å². The highest BCUT2D eigenvalue weighted by molar-refractivity contribution is 7.91. The van der Waals surface area contributed by atoms with Crippen molar-refractivity contribution >= 4 is 15.6 Å². The molecule has 0 unspecified atom stereocenters. The van der Waals surface area contributed by atoms with E-state index in [-0.39, 0.29) is 29.0 Å². The fourth-order valence-corrected chi connectivity index (χ4v) is 4.69. The normalized spacial score (nSPS) is 12.8. The van der Waals surface area contributed by atoms with Gasteiger partial charge in [0, 0.05) is 18.5 Å². The second kappa shape index (κ2) is 9.98. The van der Waals surface area contributed by atoms with Crippen LogP contribution in [0.15, 0.2) is 65.8 Å². The van der Waals surface area contributed by atoms with Crippen molar-refractivity contribution in [1.82, 2.24) is 14.8 Å². The molecule has 0 bridgehead atoms. The van der Waals surface area contributed by atoms with Gasteiger partial charge in [-0.15, -0.1) is 10.2 Å². The lowest BCUT2D eigenvalue weighted by Crippen LogP contribution is -2.23. The first-order valence-electron chi connectivity index (χ1n) is 10.3. The third kappa shape index (κ3) is 5.86. The first kappa shape index (κ1) is 22.8. The fraction of sp³-hybridized carbons (Fsp3) is 0.348. The number of carbonyl (C=O) groups excluding carboxylic acids is 1. The molecule has 31 heavy (non-hydrogen) atoms. The highest BCUT2D eigenvalue weighted by Crippen LogP contribution is 2.21. The van der Waals surface area contributed by atoms with Crippen LogP contribution < -0.4 is 5.73 Å². The highest BCUT2D eigenvalue weighted by Gasteiger charge is 2.28. The van der Waals surface area contributed by atoms with Gasteiger partial charge >= 0.3 is 0 Å². The number of sulfone groups is 1. The molecule has 0 saturated heterocycles. The standard InChI is InChI=1S/C23H28N4O3S/c1-17(2)16-27-22(20(24)15-18-9-5-3-6-10-18)25-26-23(27)31(29,30)14-13-21(28)19-11-7-4-8-12-19/h3-12,17,20H,13-16,24H2,1-2H3/t20-/m0/s1. The first-order valence-corrected chi connectivity index (χ1v) is 12.0. The predicted molar refractivity (Wildman–Crippen MR) is 119 cm³/mol. The zero-order chi connectivity index (χ0) is 22.4. The molecule has 0 spiro atoms. The van der Waals surface area contributed by atoms with E-state index in [9.17, 15) is 13.2 Å². The second-order valence-electron chi connectivity index (χ2n) is 8.00. The summed E-state index contributed by atoms with van der Waals surface area (Å²) in [6.07, 6.45) is 0.399. The third-order valence-corrected chi connectivity index (χ3v) is 6.50. The van der Waals surface area contributed by atoms with Crippen LogP contribution in [-0.4, -0.2) is 34.7 Å². The van der Waals surface area contributed by atoms with Crippen LogP contribution >= 0.6 is 0 Å². The molecule has 3 rings (SSSR count). The minimum atomic E-state index is -3.81. The fourth-order valence-electron chi connectivity index (χ4n) is 3.39. The summed E-state index contributed by atoms with van der Waals surface area (Å²) in [5, 5.41) is 8.00. The van der Waals surface area contributed by atoms with Crippen LogP contribution in [0.3, 0.4) is 0 Å². The van der Waals surface area contributed by atoms with Gasteiger partial charge in [0.1, 0.15) is 0 Å². The molecule has 0 saturated carbocycles. The zero-order valence-corrected chi connectivity index (χ0v) is 18.6. The lowest BCUT2D eigenvalue weighted by molar-refractivity contribution is 0.0988. The van der Waals surface area contributed by atoms with E-state index in [1.165, 1.54) is 0 Å². The summed E-state index contributed by atoms with van der Waals surface area (Å²) in [5.74, 6) is 0.0504. The average molecular weight is 441 g/mol. The topological polar surface area (TPSA) is 108 Å². The number of hydrogen-bond acceptors (Lipinski definition) is 6. The van der Waals surface area contributed by atoms with Crippen LogP contribution in [0.2, 0.25) is 0 Å². The number of hydrogen-bond donors (Lipinski definition) is 1. The molecule has 0 amide bonds. The molecule has 164 valence electrons. The summed E-state index contributed by atoms with van der Waals surface area (Å²) in [5.41, 5.74) is 7.91. The Hall–Kier alpha value is -2.84. The summed E-state index contributed by atoms with van der Waals surface area (Å²) in [7, 11) is -3.81. The Kier molecular flexibility index (Phi) is 7.35. The van der Waals surface area contributed by atoms with Crippen LogP contribution in [0.4, 0.5) is 0 Å². The van der Waals surface area contributed by atoms with Gasteiger partial charge < -0.3 is 10.3 Å². The molecular weight excluding hydrogens is 412 g/mol. The van der Waals surface area contributed by atoms with Crippen LogP contribution in [0.1, 0.15) is 48.1 Å². The number of aromatic nitrogens is 3. The van der Waals surface area contributed by atoms with E-state index in [4.69, 9.17) is 5.73 Å². The van der Waals surface area contributed by atoms with Gasteiger partial charge in [-0.05, 0) is 17.9 Å². The molecule has 1 aromatic heterocycles. The Balaban J connectivity index is 1.83. The van der Waals surface area contributed by atoms with E-state index in [0.717, 1.165) is 5.56 Å². The Bertz CT molecular complexity index is 1110. The van der Waals surface area contributed by atoms with Gasteiger partial charge in [-0.3, -0.25) is 4.79 Å². The van der Waals surface area contributed by atoms with E-state index in [1.807, 2.05) is 50.2 Å². The number of carbonyl (C=O) groups is 1.